The summed E-state index contributed by atoms with van der Waals surface area (Å²) in [6.07, 6.45) is 0. The van der Waals surface area contributed by atoms with E-state index in [4.69, 9.17) is 10.3 Å². The lowest BCUT2D eigenvalue weighted by Gasteiger charge is -2.02. The molecule has 0 unspecified atom stereocenters. The van der Waals surface area contributed by atoms with Crippen LogP contribution in [0.25, 0.3) is 0 Å². The van der Waals surface area contributed by atoms with Crippen molar-refractivity contribution < 1.29 is 22.5 Å². The lowest BCUT2D eigenvalue weighted by atomic mass is 10.2. The third-order valence-electron chi connectivity index (χ3n) is 2.19. The van der Waals surface area contributed by atoms with Crippen molar-refractivity contribution in [1.82, 2.24) is 0 Å². The molecule has 108 valence electrons. The average Bonchev–Trinajstić information content (AvgIpc) is 2.30. The smallest absolute Gasteiger partial charge is 0.322 e. The normalized spacial score (nSPS) is 12.1. The molecule has 0 aliphatic rings. The predicted octanol–water partition coefficient (Wildman–Crippen LogP) is 1.06. The van der Waals surface area contributed by atoms with E-state index >= 15 is 0 Å². The van der Waals surface area contributed by atoms with Crippen LogP contribution in [0.15, 0.2) is 23.1 Å². The van der Waals surface area contributed by atoms with E-state index in [0.29, 0.717) is 5.56 Å². The summed E-state index contributed by atoms with van der Waals surface area (Å²) in [5.74, 6) is -0.375. The van der Waals surface area contributed by atoms with Gasteiger partial charge in [-0.2, -0.15) is 8.42 Å². The van der Waals surface area contributed by atoms with E-state index in [-0.39, 0.29) is 10.9 Å². The van der Waals surface area contributed by atoms with Crippen molar-refractivity contribution in [2.75, 3.05) is 7.11 Å². The first kappa shape index (κ1) is 17.6. The maximum absolute atomic E-state index is 10.8. The second kappa shape index (κ2) is 7.22. The van der Waals surface area contributed by atoms with Crippen LogP contribution in [0.4, 0.5) is 0 Å². The van der Waals surface area contributed by atoms with Crippen molar-refractivity contribution in [2.45, 2.75) is 31.7 Å². The molecule has 0 spiro atoms. The molecule has 0 saturated heterocycles. The van der Waals surface area contributed by atoms with Gasteiger partial charge in [0.15, 0.2) is 0 Å². The summed E-state index contributed by atoms with van der Waals surface area (Å²) in [5, 5.41) is 0. The zero-order valence-electron chi connectivity index (χ0n) is 11.4. The minimum absolute atomic E-state index is 0.0116. The monoisotopic (exact) mass is 289 g/mol. The van der Waals surface area contributed by atoms with Crippen LogP contribution < -0.4 is 5.73 Å². The van der Waals surface area contributed by atoms with Crippen LogP contribution >= 0.6 is 0 Å². The van der Waals surface area contributed by atoms with Gasteiger partial charge < -0.3 is 10.5 Å². The van der Waals surface area contributed by atoms with Crippen LogP contribution in [0.1, 0.15) is 18.1 Å². The van der Waals surface area contributed by atoms with E-state index in [1.807, 2.05) is 0 Å². The number of hydrogen-bond donors (Lipinski definition) is 2. The topological polar surface area (TPSA) is 107 Å². The molecule has 1 aromatic carbocycles. The predicted molar refractivity (Wildman–Crippen MR) is 71.4 cm³/mol. The highest BCUT2D eigenvalue weighted by molar-refractivity contribution is 7.85. The van der Waals surface area contributed by atoms with Gasteiger partial charge in [0.2, 0.25) is 0 Å². The lowest BCUT2D eigenvalue weighted by Crippen LogP contribution is -2.27. The Morgan fingerprint density at radius 2 is 1.89 bits per heavy atom. The van der Waals surface area contributed by atoms with E-state index in [2.05, 4.69) is 4.74 Å². The Bertz CT molecular complexity index is 537. The van der Waals surface area contributed by atoms with Crippen molar-refractivity contribution in [1.29, 1.82) is 0 Å². The molecule has 6 nitrogen and oxygen atoms in total. The number of hydrogen-bond acceptors (Lipinski definition) is 5. The zero-order chi connectivity index (χ0) is 15.2. The van der Waals surface area contributed by atoms with Crippen LogP contribution in [0.5, 0.6) is 0 Å². The van der Waals surface area contributed by atoms with Gasteiger partial charge in [-0.1, -0.05) is 12.1 Å². The highest BCUT2D eigenvalue weighted by Gasteiger charge is 2.12. The molecule has 0 fully saturated rings. The number of rotatable bonds is 2. The van der Waals surface area contributed by atoms with Crippen LogP contribution in [0, 0.1) is 13.8 Å². The third-order valence-corrected chi connectivity index (χ3v) is 3.19. The van der Waals surface area contributed by atoms with Crippen LogP contribution in [0.2, 0.25) is 0 Å². The summed E-state index contributed by atoms with van der Waals surface area (Å²) in [4.78, 5) is 10.2. The van der Waals surface area contributed by atoms with Crippen LogP contribution in [-0.4, -0.2) is 32.1 Å². The minimum atomic E-state index is -4.06. The standard InChI is InChI=1S/C8H10O3S.C4H9NO2/c1-6-3-4-7(2)8(5-6)12(9,10)11;1-3(5)4(6)7-2/h3-5H,1-2H3,(H,9,10,11);3H,5H2,1-2H3/t;3-/m.0/s1. The van der Waals surface area contributed by atoms with Crippen LogP contribution in [0.3, 0.4) is 0 Å². The molecule has 0 aromatic heterocycles. The molecule has 0 aliphatic carbocycles. The van der Waals surface area contributed by atoms with Gasteiger partial charge in [-0.3, -0.25) is 9.35 Å². The Balaban J connectivity index is 0.000000399. The van der Waals surface area contributed by atoms with Crippen molar-refractivity contribution >= 4 is 16.1 Å². The Hall–Kier alpha value is -1.44. The molecule has 19 heavy (non-hydrogen) atoms. The highest BCUT2D eigenvalue weighted by Crippen LogP contribution is 2.15. The molecule has 1 rings (SSSR count). The number of methoxy groups -OCH3 is 1. The molecule has 0 amide bonds. The van der Waals surface area contributed by atoms with Crippen molar-refractivity contribution in [3.05, 3.63) is 29.3 Å². The molecular formula is C12H19NO5S. The first-order chi connectivity index (χ1) is 8.59. The molecule has 7 heteroatoms. The largest absolute Gasteiger partial charge is 0.468 e. The number of aryl methyl sites for hydroxylation is 2. The molecule has 0 radical (unpaired) electrons. The minimum Gasteiger partial charge on any atom is -0.468 e. The molecule has 1 aromatic rings. The fourth-order valence-electron chi connectivity index (χ4n) is 1.17. The molecule has 1 atom stereocenters. The van der Waals surface area contributed by atoms with Gasteiger partial charge in [0.05, 0.1) is 12.0 Å². The molecule has 0 aliphatic heterocycles. The first-order valence-corrected chi connectivity index (χ1v) is 6.91. The maximum atomic E-state index is 10.8. The summed E-state index contributed by atoms with van der Waals surface area (Å²) in [5.41, 5.74) is 6.44. The van der Waals surface area contributed by atoms with E-state index in [1.54, 1.807) is 32.9 Å². The van der Waals surface area contributed by atoms with Crippen molar-refractivity contribution in [3.63, 3.8) is 0 Å². The van der Waals surface area contributed by atoms with Gasteiger partial charge in [-0.15, -0.1) is 0 Å². The third kappa shape index (κ3) is 6.32. The molecule has 3 N–H and O–H groups in total. The second-order valence-corrected chi connectivity index (χ2v) is 5.45. The van der Waals surface area contributed by atoms with E-state index in [9.17, 15) is 13.2 Å². The van der Waals surface area contributed by atoms with Crippen molar-refractivity contribution in [3.8, 4) is 0 Å². The van der Waals surface area contributed by atoms with Gasteiger partial charge in [0, 0.05) is 0 Å². The van der Waals surface area contributed by atoms with Gasteiger partial charge >= 0.3 is 5.97 Å². The summed E-state index contributed by atoms with van der Waals surface area (Å²) >= 11 is 0. The summed E-state index contributed by atoms with van der Waals surface area (Å²) in [6, 6.07) is 4.41. The van der Waals surface area contributed by atoms with E-state index in [0.717, 1.165) is 5.56 Å². The van der Waals surface area contributed by atoms with Crippen LogP contribution in [-0.2, 0) is 19.6 Å². The van der Waals surface area contributed by atoms with Gasteiger partial charge in [0.1, 0.15) is 6.04 Å². The highest BCUT2D eigenvalue weighted by atomic mass is 32.2. The average molecular weight is 289 g/mol. The lowest BCUT2D eigenvalue weighted by molar-refractivity contribution is -0.141. The molecular weight excluding hydrogens is 270 g/mol. The SMILES string of the molecule is COC(=O)[C@H](C)N.Cc1ccc(C)c(S(=O)(=O)O)c1. The number of carbonyl (C=O) groups excluding carboxylic acids is 1. The Morgan fingerprint density at radius 3 is 2.16 bits per heavy atom. The summed E-state index contributed by atoms with van der Waals surface area (Å²) < 4.78 is 34.5. The summed E-state index contributed by atoms with van der Waals surface area (Å²) in [7, 11) is -2.74. The number of benzene rings is 1. The van der Waals surface area contributed by atoms with Gasteiger partial charge in [-0.05, 0) is 38.0 Å². The van der Waals surface area contributed by atoms with E-state index in [1.165, 1.54) is 13.2 Å². The second-order valence-electron chi connectivity index (χ2n) is 4.06. The zero-order valence-corrected chi connectivity index (χ0v) is 12.2. The van der Waals surface area contributed by atoms with Crippen molar-refractivity contribution in [2.24, 2.45) is 5.73 Å². The number of esters is 1. The Labute approximate surface area is 113 Å². The maximum Gasteiger partial charge on any atom is 0.322 e. The fourth-order valence-corrected chi connectivity index (χ4v) is 1.98. The molecule has 0 heterocycles. The Morgan fingerprint density at radius 1 is 1.37 bits per heavy atom. The number of ether oxygens (including phenoxy) is 1. The molecule has 0 bridgehead atoms. The Kier molecular flexibility index (Phi) is 6.68. The summed E-state index contributed by atoms with van der Waals surface area (Å²) in [6.45, 7) is 4.99. The molecule has 0 saturated carbocycles. The number of nitrogens with two attached hydrogens (primary N) is 1. The first-order valence-electron chi connectivity index (χ1n) is 5.47. The number of carbonyl (C=O) groups is 1. The van der Waals surface area contributed by atoms with Gasteiger partial charge in [-0.25, -0.2) is 0 Å². The fraction of sp³-hybridized carbons (Fsp3) is 0.417. The van der Waals surface area contributed by atoms with Gasteiger partial charge in [0.25, 0.3) is 10.1 Å². The van der Waals surface area contributed by atoms with E-state index < -0.39 is 16.2 Å². The quantitative estimate of drug-likeness (QED) is 0.622.